The first-order valence-electron chi connectivity index (χ1n) is 7.33. The summed E-state index contributed by atoms with van der Waals surface area (Å²) in [5.41, 5.74) is 0.854. The van der Waals surface area contributed by atoms with Crippen LogP contribution in [-0.2, 0) is 4.74 Å². The van der Waals surface area contributed by atoms with Gasteiger partial charge >= 0.3 is 5.97 Å². The van der Waals surface area contributed by atoms with E-state index in [1.165, 1.54) is 34.5 Å². The molecule has 7 heteroatoms. The summed E-state index contributed by atoms with van der Waals surface area (Å²) in [5.74, 6) is 0.430. The van der Waals surface area contributed by atoms with Gasteiger partial charge in [0.05, 0.1) is 39.7 Å². The van der Waals surface area contributed by atoms with Crippen molar-refractivity contribution in [2.45, 2.75) is 0 Å². The predicted octanol–water partition coefficient (Wildman–Crippen LogP) is 2.75. The highest BCUT2D eigenvalue weighted by molar-refractivity contribution is 6.08. The third-order valence-electron chi connectivity index (χ3n) is 3.53. The van der Waals surface area contributed by atoms with E-state index in [-0.39, 0.29) is 5.56 Å². The number of carbonyl (C=O) groups is 2. The first kappa shape index (κ1) is 18.1. The van der Waals surface area contributed by atoms with Crippen molar-refractivity contribution < 1.29 is 28.5 Å². The molecule has 0 spiro atoms. The molecule has 2 rings (SSSR count). The first-order valence-corrected chi connectivity index (χ1v) is 7.33. The maximum absolute atomic E-state index is 12.5. The van der Waals surface area contributed by atoms with E-state index in [4.69, 9.17) is 18.9 Å². The van der Waals surface area contributed by atoms with Gasteiger partial charge in [0.25, 0.3) is 5.91 Å². The molecule has 2 aromatic rings. The molecule has 0 aromatic heterocycles. The summed E-state index contributed by atoms with van der Waals surface area (Å²) in [6, 6.07) is 9.48. The maximum atomic E-state index is 12.5. The third-order valence-corrected chi connectivity index (χ3v) is 3.53. The molecule has 0 fully saturated rings. The Morgan fingerprint density at radius 3 is 2.16 bits per heavy atom. The summed E-state index contributed by atoms with van der Waals surface area (Å²) < 4.78 is 20.2. The molecule has 0 saturated carbocycles. The lowest BCUT2D eigenvalue weighted by atomic mass is 10.1. The summed E-state index contributed by atoms with van der Waals surface area (Å²) in [6.45, 7) is 0. The van der Waals surface area contributed by atoms with Crippen LogP contribution in [0.15, 0.2) is 36.4 Å². The fraction of sp³-hybridized carbons (Fsp3) is 0.222. The number of hydrogen-bond acceptors (Lipinski definition) is 6. The second-order valence-corrected chi connectivity index (χ2v) is 4.93. The van der Waals surface area contributed by atoms with E-state index < -0.39 is 11.9 Å². The first-order chi connectivity index (χ1) is 12.0. The van der Waals surface area contributed by atoms with Crippen LogP contribution in [0.25, 0.3) is 0 Å². The Labute approximate surface area is 145 Å². The molecule has 0 aliphatic rings. The Balaban J connectivity index is 2.33. The highest BCUT2D eigenvalue weighted by Gasteiger charge is 2.17. The highest BCUT2D eigenvalue weighted by Crippen LogP contribution is 2.28. The van der Waals surface area contributed by atoms with Crippen LogP contribution in [0, 0.1) is 0 Å². The molecule has 0 unspecified atom stereocenters. The minimum absolute atomic E-state index is 0.190. The molecular formula is C18H19NO6. The lowest BCUT2D eigenvalue weighted by molar-refractivity contribution is 0.0601. The molecule has 1 N–H and O–H groups in total. The van der Waals surface area contributed by atoms with Crippen molar-refractivity contribution in [3.8, 4) is 17.2 Å². The van der Waals surface area contributed by atoms with Gasteiger partial charge in [0, 0.05) is 5.56 Å². The Hall–Kier alpha value is -3.22. The van der Waals surface area contributed by atoms with Gasteiger partial charge in [-0.25, -0.2) is 4.79 Å². The van der Waals surface area contributed by atoms with Gasteiger partial charge in [-0.1, -0.05) is 0 Å². The monoisotopic (exact) mass is 345 g/mol. The zero-order chi connectivity index (χ0) is 18.4. The molecule has 1 amide bonds. The molecule has 0 aliphatic carbocycles. The number of hydrogen-bond donors (Lipinski definition) is 1. The fourth-order valence-corrected chi connectivity index (χ4v) is 2.21. The molecule has 2 aromatic carbocycles. The molecule has 0 heterocycles. The molecule has 0 atom stereocenters. The van der Waals surface area contributed by atoms with Crippen LogP contribution < -0.4 is 19.5 Å². The summed E-state index contributed by atoms with van der Waals surface area (Å²) >= 11 is 0. The van der Waals surface area contributed by atoms with Crippen LogP contribution >= 0.6 is 0 Å². The quantitative estimate of drug-likeness (QED) is 0.811. The van der Waals surface area contributed by atoms with Gasteiger partial charge in [0.15, 0.2) is 11.5 Å². The second kappa shape index (κ2) is 8.05. The highest BCUT2D eigenvalue weighted by atomic mass is 16.5. The van der Waals surface area contributed by atoms with Crippen LogP contribution in [0.2, 0.25) is 0 Å². The molecule has 25 heavy (non-hydrogen) atoms. The van der Waals surface area contributed by atoms with E-state index in [0.717, 1.165) is 0 Å². The van der Waals surface area contributed by atoms with E-state index in [0.29, 0.717) is 28.5 Å². The van der Waals surface area contributed by atoms with Crippen molar-refractivity contribution in [3.05, 3.63) is 47.5 Å². The Morgan fingerprint density at radius 1 is 0.840 bits per heavy atom. The number of methoxy groups -OCH3 is 4. The summed E-state index contributed by atoms with van der Waals surface area (Å²) in [5, 5.41) is 2.69. The normalized spacial score (nSPS) is 9.92. The van der Waals surface area contributed by atoms with Crippen LogP contribution in [0.5, 0.6) is 17.2 Å². The Kier molecular flexibility index (Phi) is 5.84. The largest absolute Gasteiger partial charge is 0.497 e. The van der Waals surface area contributed by atoms with E-state index in [9.17, 15) is 9.59 Å². The maximum Gasteiger partial charge on any atom is 0.340 e. The van der Waals surface area contributed by atoms with Crippen molar-refractivity contribution in [2.75, 3.05) is 33.8 Å². The van der Waals surface area contributed by atoms with Gasteiger partial charge in [0.1, 0.15) is 5.75 Å². The standard InChI is InChI=1S/C18H19NO6/c1-22-12-6-7-14(13(10-12)18(21)25-4)19-17(20)11-5-8-15(23-2)16(9-11)24-3/h5-10H,1-4H3,(H,19,20). The summed E-state index contributed by atoms with van der Waals surface area (Å²) in [6.07, 6.45) is 0. The fourth-order valence-electron chi connectivity index (χ4n) is 2.21. The summed E-state index contributed by atoms with van der Waals surface area (Å²) in [4.78, 5) is 24.4. The summed E-state index contributed by atoms with van der Waals surface area (Å²) in [7, 11) is 5.75. The lowest BCUT2D eigenvalue weighted by Gasteiger charge is -2.13. The zero-order valence-electron chi connectivity index (χ0n) is 14.4. The van der Waals surface area contributed by atoms with Crippen LogP contribution in [0.1, 0.15) is 20.7 Å². The van der Waals surface area contributed by atoms with Crippen LogP contribution in [0.4, 0.5) is 5.69 Å². The molecular weight excluding hydrogens is 326 g/mol. The van der Waals surface area contributed by atoms with Crippen LogP contribution in [0.3, 0.4) is 0 Å². The number of esters is 1. The Bertz CT molecular complexity index is 787. The van der Waals surface area contributed by atoms with Gasteiger partial charge < -0.3 is 24.3 Å². The van der Waals surface area contributed by atoms with E-state index >= 15 is 0 Å². The number of carbonyl (C=O) groups excluding carboxylic acids is 2. The SMILES string of the molecule is COC(=O)c1cc(OC)ccc1NC(=O)c1ccc(OC)c(OC)c1. The molecule has 0 aliphatic heterocycles. The van der Waals surface area contributed by atoms with Gasteiger partial charge in [0.2, 0.25) is 0 Å². The van der Waals surface area contributed by atoms with Crippen LogP contribution in [-0.4, -0.2) is 40.3 Å². The number of benzene rings is 2. The van der Waals surface area contributed by atoms with Crippen molar-refractivity contribution >= 4 is 17.6 Å². The van der Waals surface area contributed by atoms with Gasteiger partial charge in [-0.05, 0) is 36.4 Å². The lowest BCUT2D eigenvalue weighted by Crippen LogP contribution is -2.15. The van der Waals surface area contributed by atoms with Gasteiger partial charge in [-0.15, -0.1) is 0 Å². The smallest absolute Gasteiger partial charge is 0.340 e. The van der Waals surface area contributed by atoms with Gasteiger partial charge in [-0.3, -0.25) is 4.79 Å². The van der Waals surface area contributed by atoms with Gasteiger partial charge in [-0.2, -0.15) is 0 Å². The molecule has 0 radical (unpaired) electrons. The average molecular weight is 345 g/mol. The van der Waals surface area contributed by atoms with E-state index in [2.05, 4.69) is 5.32 Å². The number of amides is 1. The third kappa shape index (κ3) is 4.00. The number of ether oxygens (including phenoxy) is 4. The molecule has 7 nitrogen and oxygen atoms in total. The molecule has 0 saturated heterocycles. The molecule has 0 bridgehead atoms. The zero-order valence-corrected chi connectivity index (χ0v) is 14.4. The second-order valence-electron chi connectivity index (χ2n) is 4.93. The van der Waals surface area contributed by atoms with Crippen molar-refractivity contribution in [1.82, 2.24) is 0 Å². The molecule has 132 valence electrons. The minimum atomic E-state index is -0.582. The van der Waals surface area contributed by atoms with Crippen molar-refractivity contribution in [2.24, 2.45) is 0 Å². The van der Waals surface area contributed by atoms with E-state index in [1.54, 1.807) is 30.3 Å². The van der Waals surface area contributed by atoms with Crippen molar-refractivity contribution in [3.63, 3.8) is 0 Å². The topological polar surface area (TPSA) is 83.1 Å². The van der Waals surface area contributed by atoms with E-state index in [1.807, 2.05) is 0 Å². The number of anilines is 1. The van der Waals surface area contributed by atoms with Crippen molar-refractivity contribution in [1.29, 1.82) is 0 Å². The Morgan fingerprint density at radius 2 is 1.56 bits per heavy atom. The number of nitrogens with one attached hydrogen (secondary N) is 1. The average Bonchev–Trinajstić information content (AvgIpc) is 2.66. The predicted molar refractivity (Wildman–Crippen MR) is 91.8 cm³/mol. The number of rotatable bonds is 6. The minimum Gasteiger partial charge on any atom is -0.497 e.